The Bertz CT molecular complexity index is 304. The Morgan fingerprint density at radius 3 is 2.54 bits per heavy atom. The van der Waals surface area contributed by atoms with Crippen LogP contribution in [0.2, 0.25) is 0 Å². The van der Waals surface area contributed by atoms with E-state index in [9.17, 15) is 4.79 Å². The molecule has 0 amide bonds. The maximum Gasteiger partial charge on any atom is 0.356 e. The van der Waals surface area contributed by atoms with Gasteiger partial charge in [0.15, 0.2) is 5.69 Å². The molecule has 0 aliphatic heterocycles. The molecule has 0 aromatic carbocycles. The van der Waals surface area contributed by atoms with Crippen LogP contribution in [0.5, 0.6) is 0 Å². The van der Waals surface area contributed by atoms with Crippen LogP contribution in [-0.4, -0.2) is 20.6 Å². The van der Waals surface area contributed by atoms with Crippen LogP contribution in [0.3, 0.4) is 0 Å². The molecule has 0 saturated carbocycles. The van der Waals surface area contributed by atoms with Gasteiger partial charge in [-0.1, -0.05) is 13.8 Å². The molecule has 0 fully saturated rings. The van der Waals surface area contributed by atoms with Crippen molar-refractivity contribution in [3.63, 3.8) is 0 Å². The molecule has 1 rings (SSSR count). The summed E-state index contributed by atoms with van der Waals surface area (Å²) in [5, 5.41) is 8.64. The Labute approximate surface area is 77.2 Å². The van der Waals surface area contributed by atoms with Crippen molar-refractivity contribution in [1.82, 2.24) is 9.55 Å². The van der Waals surface area contributed by atoms with Crippen LogP contribution < -0.4 is 0 Å². The van der Waals surface area contributed by atoms with Gasteiger partial charge in [0.1, 0.15) is 0 Å². The predicted molar refractivity (Wildman–Crippen MR) is 48.7 cm³/mol. The molecule has 1 aromatic heterocycles. The Balaban J connectivity index is 2.85. The third-order valence-corrected chi connectivity index (χ3v) is 2.26. The van der Waals surface area contributed by atoms with Crippen molar-refractivity contribution in [3.05, 3.63) is 18.2 Å². The molecule has 0 spiro atoms. The minimum absolute atomic E-state index is 0.104. The molecular weight excluding hydrogens is 168 g/mol. The number of aromatic nitrogens is 2. The van der Waals surface area contributed by atoms with Crippen molar-refractivity contribution in [3.8, 4) is 0 Å². The largest absolute Gasteiger partial charge is 0.476 e. The van der Waals surface area contributed by atoms with E-state index in [2.05, 4.69) is 18.8 Å². The molecule has 1 aromatic rings. The SMILES string of the molecule is CC(C)C(C)n1cnc(C(=O)O)c1. The standard InChI is InChI=1S/C9H14N2O2/c1-6(2)7(3)11-4-8(9(12)13)10-5-11/h4-7H,1-3H3,(H,12,13). The zero-order valence-corrected chi connectivity index (χ0v) is 8.06. The molecule has 4 heteroatoms. The van der Waals surface area contributed by atoms with Crippen molar-refractivity contribution in [2.45, 2.75) is 26.8 Å². The summed E-state index contributed by atoms with van der Waals surface area (Å²) in [7, 11) is 0. The van der Waals surface area contributed by atoms with E-state index in [4.69, 9.17) is 5.11 Å². The lowest BCUT2D eigenvalue weighted by molar-refractivity contribution is 0.0691. The first kappa shape index (κ1) is 9.77. The minimum atomic E-state index is -0.977. The fourth-order valence-corrected chi connectivity index (χ4v) is 1.01. The lowest BCUT2D eigenvalue weighted by Gasteiger charge is -2.16. The molecule has 0 radical (unpaired) electrons. The first-order valence-corrected chi connectivity index (χ1v) is 4.29. The molecule has 4 nitrogen and oxygen atoms in total. The van der Waals surface area contributed by atoms with Crippen LogP contribution in [0.4, 0.5) is 0 Å². The van der Waals surface area contributed by atoms with Crippen LogP contribution in [0.25, 0.3) is 0 Å². The molecule has 13 heavy (non-hydrogen) atoms. The van der Waals surface area contributed by atoms with E-state index in [1.54, 1.807) is 12.5 Å². The number of hydrogen-bond donors (Lipinski definition) is 1. The Morgan fingerprint density at radius 2 is 2.15 bits per heavy atom. The van der Waals surface area contributed by atoms with Gasteiger partial charge in [-0.2, -0.15) is 0 Å². The monoisotopic (exact) mass is 182 g/mol. The summed E-state index contributed by atoms with van der Waals surface area (Å²) in [5.41, 5.74) is 0.104. The van der Waals surface area contributed by atoms with Crippen LogP contribution >= 0.6 is 0 Å². The number of carboxylic acid groups (broad SMARTS) is 1. The van der Waals surface area contributed by atoms with Crippen LogP contribution in [-0.2, 0) is 0 Å². The maximum absolute atomic E-state index is 10.5. The van der Waals surface area contributed by atoms with Gasteiger partial charge in [-0.25, -0.2) is 9.78 Å². The zero-order valence-electron chi connectivity index (χ0n) is 8.06. The van der Waals surface area contributed by atoms with Crippen molar-refractivity contribution < 1.29 is 9.90 Å². The summed E-state index contributed by atoms with van der Waals surface area (Å²) >= 11 is 0. The van der Waals surface area contributed by atoms with Gasteiger partial charge in [0, 0.05) is 12.2 Å². The molecule has 1 N–H and O–H groups in total. The molecular formula is C9H14N2O2. The smallest absolute Gasteiger partial charge is 0.356 e. The van der Waals surface area contributed by atoms with Crippen molar-refractivity contribution in [2.75, 3.05) is 0 Å². The first-order chi connectivity index (χ1) is 6.02. The summed E-state index contributed by atoms with van der Waals surface area (Å²) in [4.78, 5) is 14.3. The van der Waals surface area contributed by atoms with Gasteiger partial charge in [0.25, 0.3) is 0 Å². The van der Waals surface area contributed by atoms with Gasteiger partial charge >= 0.3 is 5.97 Å². The number of nitrogens with zero attached hydrogens (tertiary/aromatic N) is 2. The van der Waals surface area contributed by atoms with Crippen LogP contribution in [0.15, 0.2) is 12.5 Å². The average Bonchev–Trinajstić information content (AvgIpc) is 2.50. The predicted octanol–water partition coefficient (Wildman–Crippen LogP) is 1.80. The van der Waals surface area contributed by atoms with Crippen molar-refractivity contribution in [2.24, 2.45) is 5.92 Å². The zero-order chi connectivity index (χ0) is 10.0. The van der Waals surface area contributed by atoms with Gasteiger partial charge in [-0.3, -0.25) is 0 Å². The average molecular weight is 182 g/mol. The van der Waals surface area contributed by atoms with Gasteiger partial charge < -0.3 is 9.67 Å². The third kappa shape index (κ3) is 2.08. The number of hydrogen-bond acceptors (Lipinski definition) is 2. The van der Waals surface area contributed by atoms with E-state index in [0.717, 1.165) is 0 Å². The molecule has 0 aliphatic rings. The van der Waals surface area contributed by atoms with E-state index in [1.807, 2.05) is 11.5 Å². The second-order valence-corrected chi connectivity index (χ2v) is 3.50. The van der Waals surface area contributed by atoms with E-state index < -0.39 is 5.97 Å². The van der Waals surface area contributed by atoms with E-state index >= 15 is 0 Å². The second-order valence-electron chi connectivity index (χ2n) is 3.50. The van der Waals surface area contributed by atoms with Gasteiger partial charge in [-0.15, -0.1) is 0 Å². The second kappa shape index (κ2) is 3.60. The van der Waals surface area contributed by atoms with E-state index in [-0.39, 0.29) is 11.7 Å². The topological polar surface area (TPSA) is 55.1 Å². The first-order valence-electron chi connectivity index (χ1n) is 4.29. The lowest BCUT2D eigenvalue weighted by Crippen LogP contribution is -2.09. The van der Waals surface area contributed by atoms with E-state index in [0.29, 0.717) is 5.92 Å². The molecule has 0 aliphatic carbocycles. The minimum Gasteiger partial charge on any atom is -0.476 e. The highest BCUT2D eigenvalue weighted by Gasteiger charge is 2.12. The molecule has 1 unspecified atom stereocenters. The van der Waals surface area contributed by atoms with Crippen molar-refractivity contribution >= 4 is 5.97 Å². The highest BCUT2D eigenvalue weighted by molar-refractivity contribution is 5.84. The molecule has 0 saturated heterocycles. The number of rotatable bonds is 3. The number of carboxylic acids is 1. The third-order valence-electron chi connectivity index (χ3n) is 2.26. The molecule has 72 valence electrons. The summed E-state index contributed by atoms with van der Waals surface area (Å²) in [5.74, 6) is -0.509. The van der Waals surface area contributed by atoms with Gasteiger partial charge in [0.05, 0.1) is 6.33 Å². The molecule has 0 bridgehead atoms. The maximum atomic E-state index is 10.5. The molecule has 1 heterocycles. The van der Waals surface area contributed by atoms with Gasteiger partial charge in [0.2, 0.25) is 0 Å². The molecule has 1 atom stereocenters. The summed E-state index contributed by atoms with van der Waals surface area (Å²) in [6.45, 7) is 6.22. The summed E-state index contributed by atoms with van der Waals surface area (Å²) in [6, 6.07) is 0.278. The van der Waals surface area contributed by atoms with E-state index in [1.165, 1.54) is 0 Å². The number of carbonyl (C=O) groups is 1. The fourth-order valence-electron chi connectivity index (χ4n) is 1.01. The number of aromatic carboxylic acids is 1. The Hall–Kier alpha value is -1.32. The van der Waals surface area contributed by atoms with Crippen molar-refractivity contribution in [1.29, 1.82) is 0 Å². The summed E-state index contributed by atoms with van der Waals surface area (Å²) < 4.78 is 1.83. The fraction of sp³-hybridized carbons (Fsp3) is 0.556. The summed E-state index contributed by atoms with van der Waals surface area (Å²) in [6.07, 6.45) is 3.13. The highest BCUT2D eigenvalue weighted by atomic mass is 16.4. The normalized spacial score (nSPS) is 13.2. The van der Waals surface area contributed by atoms with Crippen LogP contribution in [0.1, 0.15) is 37.3 Å². The lowest BCUT2D eigenvalue weighted by atomic mass is 10.1. The number of imidazole rings is 1. The highest BCUT2D eigenvalue weighted by Crippen LogP contribution is 2.16. The van der Waals surface area contributed by atoms with Crippen LogP contribution in [0, 0.1) is 5.92 Å². The Kier molecular flexibility index (Phi) is 2.70. The van der Waals surface area contributed by atoms with Gasteiger partial charge in [-0.05, 0) is 12.8 Å². The quantitative estimate of drug-likeness (QED) is 0.775. The Morgan fingerprint density at radius 1 is 1.54 bits per heavy atom.